The Hall–Kier alpha value is -0.990. The maximum absolute atomic E-state index is 11.8. The molecule has 0 aromatic rings. The first-order valence-corrected chi connectivity index (χ1v) is 7.39. The molecule has 0 spiro atoms. The molecule has 3 rings (SSSR count). The van der Waals surface area contributed by atoms with Crippen molar-refractivity contribution in [2.45, 2.75) is 61.8 Å². The summed E-state index contributed by atoms with van der Waals surface area (Å²) in [5.74, 6) is -2.34. The number of carbonyl (C=O) groups excluding carboxylic acids is 1. The second-order valence-electron chi connectivity index (χ2n) is 7.23. The summed E-state index contributed by atoms with van der Waals surface area (Å²) in [4.78, 5) is 11.8. The molecular formula is C15H22O7. The van der Waals surface area contributed by atoms with Crippen molar-refractivity contribution in [3.63, 3.8) is 0 Å². The fourth-order valence-corrected chi connectivity index (χ4v) is 4.52. The molecule has 124 valence electrons. The van der Waals surface area contributed by atoms with Crippen LogP contribution in [0.15, 0.2) is 12.2 Å². The molecule has 0 radical (unpaired) electrons. The lowest BCUT2D eigenvalue weighted by molar-refractivity contribution is -0.226. The minimum atomic E-state index is -2.21. The summed E-state index contributed by atoms with van der Waals surface area (Å²) < 4.78 is 5.27. The van der Waals surface area contributed by atoms with Crippen LogP contribution in [0.25, 0.3) is 0 Å². The van der Waals surface area contributed by atoms with Gasteiger partial charge in [-0.2, -0.15) is 0 Å². The Labute approximate surface area is 127 Å². The molecule has 22 heavy (non-hydrogen) atoms. The Morgan fingerprint density at radius 1 is 1.18 bits per heavy atom. The van der Waals surface area contributed by atoms with Gasteiger partial charge in [0.05, 0.1) is 17.1 Å². The van der Waals surface area contributed by atoms with Crippen LogP contribution >= 0.6 is 0 Å². The summed E-state index contributed by atoms with van der Waals surface area (Å²) in [6.07, 6.45) is -4.02. The van der Waals surface area contributed by atoms with Gasteiger partial charge in [0.15, 0.2) is 0 Å². The van der Waals surface area contributed by atoms with Gasteiger partial charge in [0, 0.05) is 11.5 Å². The highest BCUT2D eigenvalue weighted by Crippen LogP contribution is 2.57. The zero-order valence-electron chi connectivity index (χ0n) is 12.6. The van der Waals surface area contributed by atoms with Crippen molar-refractivity contribution in [1.29, 1.82) is 0 Å². The zero-order valence-corrected chi connectivity index (χ0v) is 12.6. The van der Waals surface area contributed by atoms with Crippen LogP contribution in [0.2, 0.25) is 0 Å². The van der Waals surface area contributed by atoms with E-state index in [2.05, 4.69) is 6.58 Å². The van der Waals surface area contributed by atoms with Gasteiger partial charge in [-0.25, -0.2) is 4.79 Å². The predicted octanol–water partition coefficient (Wildman–Crippen LogP) is -1.54. The molecule has 0 aromatic carbocycles. The van der Waals surface area contributed by atoms with E-state index in [4.69, 9.17) is 4.74 Å². The van der Waals surface area contributed by atoms with Gasteiger partial charge in [-0.3, -0.25) is 0 Å². The van der Waals surface area contributed by atoms with Gasteiger partial charge in [0.25, 0.3) is 0 Å². The third-order valence-electron chi connectivity index (χ3n) is 5.94. The largest absolute Gasteiger partial charge is 0.458 e. The van der Waals surface area contributed by atoms with E-state index >= 15 is 0 Å². The van der Waals surface area contributed by atoms with E-state index in [0.717, 1.165) is 0 Å². The van der Waals surface area contributed by atoms with E-state index in [0.29, 0.717) is 6.42 Å². The Kier molecular flexibility index (Phi) is 3.11. The molecule has 3 fully saturated rings. The van der Waals surface area contributed by atoms with E-state index in [1.54, 1.807) is 0 Å². The van der Waals surface area contributed by atoms with Crippen LogP contribution in [-0.4, -0.2) is 66.6 Å². The van der Waals surface area contributed by atoms with Gasteiger partial charge in [0.1, 0.15) is 23.9 Å². The fraction of sp³-hybridized carbons (Fsp3) is 0.800. The van der Waals surface area contributed by atoms with Crippen LogP contribution in [0.5, 0.6) is 0 Å². The van der Waals surface area contributed by atoms with Crippen molar-refractivity contribution in [2.75, 3.05) is 0 Å². The highest BCUT2D eigenvalue weighted by atomic mass is 16.6. The van der Waals surface area contributed by atoms with Gasteiger partial charge in [-0.1, -0.05) is 6.58 Å². The highest BCUT2D eigenvalue weighted by Gasteiger charge is 2.75. The fourth-order valence-electron chi connectivity index (χ4n) is 4.52. The summed E-state index contributed by atoms with van der Waals surface area (Å²) in [5, 5.41) is 52.9. The lowest BCUT2D eigenvalue weighted by atomic mass is 9.70. The lowest BCUT2D eigenvalue weighted by Crippen LogP contribution is -2.64. The van der Waals surface area contributed by atoms with E-state index in [9.17, 15) is 30.3 Å². The van der Waals surface area contributed by atoms with Gasteiger partial charge < -0.3 is 30.3 Å². The zero-order chi connectivity index (χ0) is 16.7. The van der Waals surface area contributed by atoms with Crippen molar-refractivity contribution in [3.8, 4) is 0 Å². The molecule has 1 aliphatic heterocycles. The summed E-state index contributed by atoms with van der Waals surface area (Å²) >= 11 is 0. The average Bonchev–Trinajstić information content (AvgIpc) is 2.71. The monoisotopic (exact) mass is 314 g/mol. The smallest absolute Gasteiger partial charge is 0.334 e. The van der Waals surface area contributed by atoms with Gasteiger partial charge in [0.2, 0.25) is 0 Å². The number of fused-ring (bicyclic) bond motifs is 3. The summed E-state index contributed by atoms with van der Waals surface area (Å²) in [7, 11) is 0. The van der Waals surface area contributed by atoms with Crippen LogP contribution in [0, 0.1) is 11.8 Å². The number of esters is 1. The van der Waals surface area contributed by atoms with Crippen LogP contribution in [-0.2, 0) is 9.53 Å². The van der Waals surface area contributed by atoms with Crippen LogP contribution in [0.3, 0.4) is 0 Å². The first-order valence-electron chi connectivity index (χ1n) is 7.39. The standard InChI is InChI=1S/C15H22O7/c1-6-7-4-5-13(2,19)15(21)9(8(7)22-12(6)18)14(3,20)10(16)11(15)17/h7-11,16-17,19-21H,1,4-5H2,2-3H3/t7-,8+,9-,10+,11-,13+,14-,15+/m0/s1. The predicted molar refractivity (Wildman–Crippen MR) is 73.4 cm³/mol. The van der Waals surface area contributed by atoms with Crippen LogP contribution in [0.1, 0.15) is 26.7 Å². The Balaban J connectivity index is 2.19. The SMILES string of the molecule is C=C1C(=O)O[C@@H]2[C@H]1CC[C@@](C)(O)[C@]1(O)[C@@H](O)[C@@H](O)[C@@](C)(O)[C@H]21. The van der Waals surface area contributed by atoms with E-state index < -0.39 is 52.9 Å². The Bertz CT molecular complexity index is 540. The van der Waals surface area contributed by atoms with E-state index in [1.165, 1.54) is 13.8 Å². The van der Waals surface area contributed by atoms with Crippen LogP contribution in [0.4, 0.5) is 0 Å². The molecule has 0 amide bonds. The molecule has 3 aliphatic rings. The topological polar surface area (TPSA) is 127 Å². The molecule has 2 aliphatic carbocycles. The normalized spacial score (nSPS) is 58.0. The number of aliphatic hydroxyl groups excluding tert-OH is 2. The number of ether oxygens (including phenoxy) is 1. The Morgan fingerprint density at radius 2 is 1.77 bits per heavy atom. The van der Waals surface area contributed by atoms with Crippen molar-refractivity contribution >= 4 is 5.97 Å². The molecule has 2 saturated carbocycles. The molecular weight excluding hydrogens is 292 g/mol. The van der Waals surface area contributed by atoms with E-state index in [-0.39, 0.29) is 12.0 Å². The molecule has 5 N–H and O–H groups in total. The molecule has 0 bridgehead atoms. The van der Waals surface area contributed by atoms with Gasteiger partial charge in [-0.15, -0.1) is 0 Å². The van der Waals surface area contributed by atoms with Crippen molar-refractivity contribution in [3.05, 3.63) is 12.2 Å². The third-order valence-corrected chi connectivity index (χ3v) is 5.94. The number of aliphatic hydroxyl groups is 5. The number of carbonyl (C=O) groups is 1. The maximum atomic E-state index is 11.8. The minimum absolute atomic E-state index is 0.0662. The van der Waals surface area contributed by atoms with Crippen LogP contribution < -0.4 is 0 Å². The lowest BCUT2D eigenvalue weighted by Gasteiger charge is -2.45. The maximum Gasteiger partial charge on any atom is 0.334 e. The van der Waals surface area contributed by atoms with E-state index in [1.807, 2.05) is 0 Å². The van der Waals surface area contributed by atoms with Crippen molar-refractivity contribution in [1.82, 2.24) is 0 Å². The van der Waals surface area contributed by atoms with Gasteiger partial charge >= 0.3 is 5.97 Å². The highest BCUT2D eigenvalue weighted by molar-refractivity contribution is 5.91. The average molecular weight is 314 g/mol. The molecule has 0 unspecified atom stereocenters. The first-order chi connectivity index (χ1) is 9.96. The van der Waals surface area contributed by atoms with Crippen molar-refractivity contribution in [2.24, 2.45) is 11.8 Å². The quantitative estimate of drug-likeness (QED) is 0.271. The number of hydrogen-bond donors (Lipinski definition) is 5. The number of hydrogen-bond acceptors (Lipinski definition) is 7. The first kappa shape index (κ1) is 15.9. The number of rotatable bonds is 0. The second-order valence-corrected chi connectivity index (χ2v) is 7.23. The van der Waals surface area contributed by atoms with Gasteiger partial charge in [-0.05, 0) is 26.7 Å². The van der Waals surface area contributed by atoms with Crippen molar-refractivity contribution < 1.29 is 35.1 Å². The molecule has 7 heteroatoms. The minimum Gasteiger partial charge on any atom is -0.458 e. The summed E-state index contributed by atoms with van der Waals surface area (Å²) in [5.41, 5.74) is -5.69. The molecule has 0 aromatic heterocycles. The molecule has 1 saturated heterocycles. The molecule has 7 nitrogen and oxygen atoms in total. The summed E-state index contributed by atoms with van der Waals surface area (Å²) in [6.45, 7) is 6.30. The molecule has 8 atom stereocenters. The Morgan fingerprint density at radius 3 is 2.36 bits per heavy atom. The third kappa shape index (κ3) is 1.60. The second kappa shape index (κ2) is 4.30. The molecule has 1 heterocycles. The summed E-state index contributed by atoms with van der Waals surface area (Å²) in [6, 6.07) is 0.